The van der Waals surface area contributed by atoms with Crippen molar-refractivity contribution in [2.45, 2.75) is 12.5 Å². The Balaban J connectivity index is 2.17. The molecule has 0 fully saturated rings. The summed E-state index contributed by atoms with van der Waals surface area (Å²) in [6, 6.07) is 12.1. The number of amides is 2. The van der Waals surface area contributed by atoms with E-state index >= 15 is 0 Å². The Hall–Kier alpha value is -2.11. The number of aliphatic hydroxyl groups excluding tert-OH is 1. The van der Waals surface area contributed by atoms with Crippen LogP contribution in [0.4, 0.5) is 4.79 Å². The molecule has 1 atom stereocenters. The van der Waals surface area contributed by atoms with E-state index < -0.39 is 6.04 Å². The van der Waals surface area contributed by atoms with E-state index in [1.807, 2.05) is 30.3 Å². The van der Waals surface area contributed by atoms with Crippen LogP contribution in [0, 0.1) is 0 Å². The summed E-state index contributed by atoms with van der Waals surface area (Å²) in [6.07, 6.45) is 2.19. The predicted molar refractivity (Wildman–Crippen MR) is 85.8 cm³/mol. The zero-order chi connectivity index (χ0) is 15.8. The van der Waals surface area contributed by atoms with Gasteiger partial charge in [-0.15, -0.1) is 0 Å². The lowest BCUT2D eigenvalue weighted by Gasteiger charge is -2.19. The lowest BCUT2D eigenvalue weighted by molar-refractivity contribution is 0.236. The average Bonchev–Trinajstić information content (AvgIpc) is 2.54. The van der Waals surface area contributed by atoms with Gasteiger partial charge < -0.3 is 15.7 Å². The number of nitrogens with one attached hydrogen (secondary N) is 2. The summed E-state index contributed by atoms with van der Waals surface area (Å²) >= 11 is 6.04. The lowest BCUT2D eigenvalue weighted by atomic mass is 10.0. The van der Waals surface area contributed by atoms with E-state index in [1.165, 1.54) is 0 Å². The Bertz CT molecular complexity index is 607. The summed E-state index contributed by atoms with van der Waals surface area (Å²) < 4.78 is 0. The summed E-state index contributed by atoms with van der Waals surface area (Å²) in [6.45, 7) is 0.449. The molecule has 1 aromatic carbocycles. The number of halogens is 1. The molecule has 22 heavy (non-hydrogen) atoms. The monoisotopic (exact) mass is 319 g/mol. The number of rotatable bonds is 6. The van der Waals surface area contributed by atoms with Crippen molar-refractivity contribution >= 4 is 17.6 Å². The topological polar surface area (TPSA) is 74.2 Å². The van der Waals surface area contributed by atoms with Gasteiger partial charge in [0.2, 0.25) is 0 Å². The highest BCUT2D eigenvalue weighted by Crippen LogP contribution is 2.22. The number of carbonyl (C=O) groups is 1. The number of hydrogen-bond acceptors (Lipinski definition) is 3. The van der Waals surface area contributed by atoms with Crippen molar-refractivity contribution in [2.24, 2.45) is 0 Å². The number of benzene rings is 1. The molecule has 0 radical (unpaired) electrons. The Morgan fingerprint density at radius 3 is 2.82 bits per heavy atom. The molecule has 2 rings (SSSR count). The molecule has 1 unspecified atom stereocenters. The molecule has 5 nitrogen and oxygen atoms in total. The summed E-state index contributed by atoms with van der Waals surface area (Å²) in [5, 5.41) is 14.9. The molecule has 0 saturated heterocycles. The van der Waals surface area contributed by atoms with Crippen molar-refractivity contribution in [2.75, 3.05) is 13.2 Å². The number of urea groups is 1. The van der Waals surface area contributed by atoms with Gasteiger partial charge >= 0.3 is 6.03 Å². The standard InChI is InChI=1S/C16H18ClN3O2/c17-13-6-3-5-12(11-13)15(14-7-1-2-8-18-14)20-16(22)19-9-4-10-21/h1-3,5-8,11,15,21H,4,9-10H2,(H2,19,20,22). The summed E-state index contributed by atoms with van der Waals surface area (Å²) in [5.74, 6) is 0. The van der Waals surface area contributed by atoms with Gasteiger partial charge in [-0.2, -0.15) is 0 Å². The van der Waals surface area contributed by atoms with Crippen LogP contribution in [-0.4, -0.2) is 29.3 Å². The summed E-state index contributed by atoms with van der Waals surface area (Å²) in [5.41, 5.74) is 1.57. The van der Waals surface area contributed by atoms with E-state index in [0.717, 1.165) is 11.3 Å². The third-order valence-corrected chi connectivity index (χ3v) is 3.30. The second-order valence-corrected chi connectivity index (χ2v) is 5.16. The molecule has 0 aliphatic heterocycles. The maximum Gasteiger partial charge on any atom is 0.315 e. The summed E-state index contributed by atoms with van der Waals surface area (Å²) in [7, 11) is 0. The molecule has 0 aliphatic rings. The maximum absolute atomic E-state index is 12.0. The SMILES string of the molecule is O=C(NCCCO)NC(c1cccc(Cl)c1)c1ccccn1. The molecule has 0 aliphatic carbocycles. The second kappa shape index (κ2) is 8.36. The van der Waals surface area contributed by atoms with Gasteiger partial charge in [0.1, 0.15) is 0 Å². The van der Waals surface area contributed by atoms with Crippen molar-refractivity contribution in [1.29, 1.82) is 0 Å². The third-order valence-electron chi connectivity index (χ3n) is 3.06. The lowest BCUT2D eigenvalue weighted by Crippen LogP contribution is -2.39. The molecule has 1 aromatic heterocycles. The Morgan fingerprint density at radius 1 is 1.27 bits per heavy atom. The molecule has 0 saturated carbocycles. The van der Waals surface area contributed by atoms with Gasteiger partial charge in [-0.25, -0.2) is 4.79 Å². The van der Waals surface area contributed by atoms with E-state index in [0.29, 0.717) is 18.0 Å². The fraction of sp³-hybridized carbons (Fsp3) is 0.250. The molecule has 2 aromatic rings. The first-order valence-electron chi connectivity index (χ1n) is 7.02. The van der Waals surface area contributed by atoms with Gasteiger partial charge in [0.15, 0.2) is 0 Å². The van der Waals surface area contributed by atoms with Crippen LogP contribution < -0.4 is 10.6 Å². The molecule has 0 bridgehead atoms. The quantitative estimate of drug-likeness (QED) is 0.716. The van der Waals surface area contributed by atoms with Crippen LogP contribution in [0.25, 0.3) is 0 Å². The smallest absolute Gasteiger partial charge is 0.315 e. The Kier molecular flexibility index (Phi) is 6.18. The Labute approximate surface area is 134 Å². The predicted octanol–water partition coefficient (Wildman–Crippen LogP) is 2.51. The minimum Gasteiger partial charge on any atom is -0.396 e. The molecule has 2 amide bonds. The van der Waals surface area contributed by atoms with Gasteiger partial charge in [0.25, 0.3) is 0 Å². The van der Waals surface area contributed by atoms with E-state index in [2.05, 4.69) is 15.6 Å². The maximum atomic E-state index is 12.0. The van der Waals surface area contributed by atoms with Crippen LogP contribution in [0.15, 0.2) is 48.7 Å². The van der Waals surface area contributed by atoms with Crippen LogP contribution in [-0.2, 0) is 0 Å². The van der Waals surface area contributed by atoms with Gasteiger partial charge in [-0.05, 0) is 36.2 Å². The number of aromatic nitrogens is 1. The van der Waals surface area contributed by atoms with Crippen LogP contribution in [0.5, 0.6) is 0 Å². The normalized spacial score (nSPS) is 11.7. The first-order chi connectivity index (χ1) is 10.7. The van der Waals surface area contributed by atoms with Crippen LogP contribution in [0.1, 0.15) is 23.7 Å². The third kappa shape index (κ3) is 4.72. The molecule has 3 N–H and O–H groups in total. The van der Waals surface area contributed by atoms with Gasteiger partial charge in [0.05, 0.1) is 11.7 Å². The first kappa shape index (κ1) is 16.3. The highest BCUT2D eigenvalue weighted by molar-refractivity contribution is 6.30. The fourth-order valence-corrected chi connectivity index (χ4v) is 2.22. The largest absolute Gasteiger partial charge is 0.396 e. The molecule has 1 heterocycles. The zero-order valence-electron chi connectivity index (χ0n) is 12.0. The molecule has 0 spiro atoms. The molecule has 116 valence electrons. The Morgan fingerprint density at radius 2 is 2.14 bits per heavy atom. The van der Waals surface area contributed by atoms with Crippen LogP contribution in [0.3, 0.4) is 0 Å². The number of carbonyl (C=O) groups excluding carboxylic acids is 1. The first-order valence-corrected chi connectivity index (χ1v) is 7.40. The fourth-order valence-electron chi connectivity index (χ4n) is 2.02. The average molecular weight is 320 g/mol. The van der Waals surface area contributed by atoms with Crippen molar-refractivity contribution in [3.63, 3.8) is 0 Å². The van der Waals surface area contributed by atoms with Crippen molar-refractivity contribution in [3.8, 4) is 0 Å². The second-order valence-electron chi connectivity index (χ2n) is 4.72. The zero-order valence-corrected chi connectivity index (χ0v) is 12.8. The van der Waals surface area contributed by atoms with Crippen LogP contribution in [0.2, 0.25) is 5.02 Å². The van der Waals surface area contributed by atoms with Gasteiger partial charge in [-0.1, -0.05) is 29.8 Å². The minimum absolute atomic E-state index is 0.0399. The van der Waals surface area contributed by atoms with E-state index in [4.69, 9.17) is 16.7 Å². The molecular weight excluding hydrogens is 302 g/mol. The van der Waals surface area contributed by atoms with Gasteiger partial charge in [0, 0.05) is 24.4 Å². The number of nitrogens with zero attached hydrogens (tertiary/aromatic N) is 1. The van der Waals surface area contributed by atoms with Crippen LogP contribution >= 0.6 is 11.6 Å². The van der Waals surface area contributed by atoms with E-state index in [1.54, 1.807) is 18.3 Å². The molecular formula is C16H18ClN3O2. The highest BCUT2D eigenvalue weighted by Gasteiger charge is 2.18. The molecule has 6 heteroatoms. The number of pyridine rings is 1. The number of aliphatic hydroxyl groups is 1. The number of hydrogen-bond donors (Lipinski definition) is 3. The summed E-state index contributed by atoms with van der Waals surface area (Å²) in [4.78, 5) is 16.3. The van der Waals surface area contributed by atoms with Gasteiger partial charge in [-0.3, -0.25) is 4.98 Å². The van der Waals surface area contributed by atoms with E-state index in [-0.39, 0.29) is 12.6 Å². The van der Waals surface area contributed by atoms with E-state index in [9.17, 15) is 4.79 Å². The van der Waals surface area contributed by atoms with Crippen molar-refractivity contribution < 1.29 is 9.90 Å². The minimum atomic E-state index is -0.394. The van der Waals surface area contributed by atoms with Crippen molar-refractivity contribution in [3.05, 3.63) is 64.9 Å². The van der Waals surface area contributed by atoms with Crippen molar-refractivity contribution in [1.82, 2.24) is 15.6 Å². The highest BCUT2D eigenvalue weighted by atomic mass is 35.5.